The van der Waals surface area contributed by atoms with Gasteiger partial charge in [-0.3, -0.25) is 0 Å². The minimum atomic E-state index is -1.30. The van der Waals surface area contributed by atoms with Crippen molar-refractivity contribution in [2.24, 2.45) is 5.41 Å². The molecule has 1 atom stereocenters. The summed E-state index contributed by atoms with van der Waals surface area (Å²) in [6.45, 7) is 5.65. The van der Waals surface area contributed by atoms with Crippen molar-refractivity contribution in [3.05, 3.63) is 36.5 Å². The van der Waals surface area contributed by atoms with Crippen LogP contribution in [0.4, 0.5) is 4.39 Å². The Labute approximate surface area is 73.5 Å². The third-order valence-electron chi connectivity index (χ3n) is 1.90. The van der Waals surface area contributed by atoms with Crippen LogP contribution in [0.3, 0.4) is 0 Å². The van der Waals surface area contributed by atoms with Gasteiger partial charge < -0.3 is 0 Å². The Balaban J connectivity index is 2.97. The zero-order valence-electron chi connectivity index (χ0n) is 7.84. The van der Waals surface area contributed by atoms with E-state index in [0.717, 1.165) is 0 Å². The van der Waals surface area contributed by atoms with Crippen molar-refractivity contribution in [3.63, 3.8) is 0 Å². The molecule has 0 spiro atoms. The highest BCUT2D eigenvalue weighted by atomic mass is 19.1. The fourth-order valence-corrected chi connectivity index (χ4v) is 1.04. The molecule has 0 heterocycles. The number of allylic oxidation sites excluding steroid dienone is 6. The molecule has 0 bridgehead atoms. The lowest BCUT2D eigenvalue weighted by Crippen LogP contribution is -2.13. The molecule has 0 fully saturated rings. The molecule has 1 aliphatic rings. The second-order valence-corrected chi connectivity index (χ2v) is 4.02. The first kappa shape index (κ1) is 9.24. The zero-order valence-corrected chi connectivity index (χ0v) is 7.84. The number of rotatable bonds is 0. The van der Waals surface area contributed by atoms with E-state index in [1.807, 2.05) is 12.2 Å². The van der Waals surface area contributed by atoms with Crippen molar-refractivity contribution in [2.75, 3.05) is 0 Å². The van der Waals surface area contributed by atoms with Gasteiger partial charge in [0.15, 0.2) is 0 Å². The highest BCUT2D eigenvalue weighted by Crippen LogP contribution is 2.25. The standard InChI is InChI=1S/C11H15F/c1-10(2)6-4-5-7-11(3,12)9-8-10/h4-9H,1-3H3. The molecule has 0 aromatic carbocycles. The van der Waals surface area contributed by atoms with Gasteiger partial charge in [-0.15, -0.1) is 0 Å². The van der Waals surface area contributed by atoms with E-state index >= 15 is 0 Å². The summed E-state index contributed by atoms with van der Waals surface area (Å²) in [5.74, 6) is 0. The van der Waals surface area contributed by atoms with Crippen LogP contribution in [-0.4, -0.2) is 5.67 Å². The molecule has 12 heavy (non-hydrogen) atoms. The third-order valence-corrected chi connectivity index (χ3v) is 1.90. The Bertz CT molecular complexity index is 216. The van der Waals surface area contributed by atoms with Gasteiger partial charge in [-0.2, -0.15) is 0 Å². The van der Waals surface area contributed by atoms with Gasteiger partial charge >= 0.3 is 0 Å². The van der Waals surface area contributed by atoms with Gasteiger partial charge in [-0.25, -0.2) is 4.39 Å². The van der Waals surface area contributed by atoms with Crippen LogP contribution >= 0.6 is 0 Å². The molecule has 1 unspecified atom stereocenters. The predicted molar refractivity (Wildman–Crippen MR) is 50.7 cm³/mol. The van der Waals surface area contributed by atoms with Crippen LogP contribution < -0.4 is 0 Å². The van der Waals surface area contributed by atoms with E-state index in [9.17, 15) is 4.39 Å². The third kappa shape index (κ3) is 2.65. The van der Waals surface area contributed by atoms with E-state index in [1.165, 1.54) is 0 Å². The summed E-state index contributed by atoms with van der Waals surface area (Å²) in [6.07, 6.45) is 10.7. The highest BCUT2D eigenvalue weighted by molar-refractivity contribution is 5.24. The highest BCUT2D eigenvalue weighted by Gasteiger charge is 2.18. The van der Waals surface area contributed by atoms with Gasteiger partial charge in [0, 0.05) is 5.41 Å². The number of halogens is 1. The molecule has 1 heteroatoms. The van der Waals surface area contributed by atoms with Crippen molar-refractivity contribution in [1.29, 1.82) is 0 Å². The summed E-state index contributed by atoms with van der Waals surface area (Å²) in [5.41, 5.74) is -1.35. The molecule has 0 radical (unpaired) electrons. The van der Waals surface area contributed by atoms with Crippen LogP contribution in [0.15, 0.2) is 36.5 Å². The second-order valence-electron chi connectivity index (χ2n) is 4.02. The fourth-order valence-electron chi connectivity index (χ4n) is 1.04. The van der Waals surface area contributed by atoms with Crippen LogP contribution in [0.5, 0.6) is 0 Å². The molecular weight excluding hydrogens is 151 g/mol. The SMILES string of the molecule is CC1(C)C=CC=CC(C)(F)C=C1. The molecule has 0 aromatic heterocycles. The van der Waals surface area contributed by atoms with Crippen molar-refractivity contribution < 1.29 is 4.39 Å². The molecule has 1 rings (SSSR count). The topological polar surface area (TPSA) is 0 Å². The van der Waals surface area contributed by atoms with E-state index in [1.54, 1.807) is 25.2 Å². The Morgan fingerprint density at radius 3 is 2.08 bits per heavy atom. The van der Waals surface area contributed by atoms with Crippen molar-refractivity contribution >= 4 is 0 Å². The largest absolute Gasteiger partial charge is 0.235 e. The minimum absolute atomic E-state index is 0.0435. The monoisotopic (exact) mass is 166 g/mol. The van der Waals surface area contributed by atoms with Gasteiger partial charge in [-0.05, 0) is 19.1 Å². The normalized spacial score (nSPS) is 33.0. The first-order chi connectivity index (χ1) is 5.41. The Kier molecular flexibility index (Phi) is 2.22. The molecule has 1 aliphatic carbocycles. The summed E-state index contributed by atoms with van der Waals surface area (Å²) >= 11 is 0. The Morgan fingerprint density at radius 1 is 0.833 bits per heavy atom. The van der Waals surface area contributed by atoms with Crippen molar-refractivity contribution in [3.8, 4) is 0 Å². The molecule has 0 aromatic rings. The Hall–Kier alpha value is -0.850. The zero-order chi connectivity index (χ0) is 9.24. The van der Waals surface area contributed by atoms with E-state index in [4.69, 9.17) is 0 Å². The lowest BCUT2D eigenvalue weighted by molar-refractivity contribution is 0.325. The minimum Gasteiger partial charge on any atom is -0.235 e. The quantitative estimate of drug-likeness (QED) is 0.484. The summed E-state index contributed by atoms with van der Waals surface area (Å²) < 4.78 is 13.4. The predicted octanol–water partition coefficient (Wildman–Crippen LogP) is 3.42. The molecule has 0 aliphatic heterocycles. The van der Waals surface area contributed by atoms with Crippen LogP contribution in [0.25, 0.3) is 0 Å². The molecule has 0 saturated heterocycles. The first-order valence-electron chi connectivity index (χ1n) is 4.18. The summed E-state index contributed by atoms with van der Waals surface area (Å²) in [6, 6.07) is 0. The number of hydrogen-bond acceptors (Lipinski definition) is 0. The fraction of sp³-hybridized carbons (Fsp3) is 0.455. The second kappa shape index (κ2) is 2.89. The van der Waals surface area contributed by atoms with Crippen LogP contribution in [0.1, 0.15) is 20.8 Å². The summed E-state index contributed by atoms with van der Waals surface area (Å²) in [4.78, 5) is 0. The molecule has 0 N–H and O–H groups in total. The molecular formula is C11H15F. The Morgan fingerprint density at radius 2 is 1.42 bits per heavy atom. The van der Waals surface area contributed by atoms with Gasteiger partial charge in [-0.1, -0.05) is 38.2 Å². The average Bonchev–Trinajstić information content (AvgIpc) is 1.94. The molecule has 0 amide bonds. The van der Waals surface area contributed by atoms with E-state index in [2.05, 4.69) is 19.9 Å². The van der Waals surface area contributed by atoms with Crippen molar-refractivity contribution in [1.82, 2.24) is 0 Å². The maximum Gasteiger partial charge on any atom is 0.144 e. The van der Waals surface area contributed by atoms with E-state index in [0.29, 0.717) is 0 Å². The van der Waals surface area contributed by atoms with Gasteiger partial charge in [0.25, 0.3) is 0 Å². The van der Waals surface area contributed by atoms with Gasteiger partial charge in [0.1, 0.15) is 5.67 Å². The lowest BCUT2D eigenvalue weighted by atomic mass is 9.89. The van der Waals surface area contributed by atoms with Crippen LogP contribution in [0.2, 0.25) is 0 Å². The van der Waals surface area contributed by atoms with Crippen LogP contribution in [-0.2, 0) is 0 Å². The average molecular weight is 166 g/mol. The number of alkyl halides is 1. The smallest absolute Gasteiger partial charge is 0.144 e. The van der Waals surface area contributed by atoms with Gasteiger partial charge in [0.05, 0.1) is 0 Å². The summed E-state index contributed by atoms with van der Waals surface area (Å²) in [5, 5.41) is 0. The first-order valence-corrected chi connectivity index (χ1v) is 4.18. The lowest BCUT2D eigenvalue weighted by Gasteiger charge is -2.19. The molecule has 66 valence electrons. The van der Waals surface area contributed by atoms with E-state index in [-0.39, 0.29) is 5.41 Å². The number of hydrogen-bond donors (Lipinski definition) is 0. The van der Waals surface area contributed by atoms with E-state index < -0.39 is 5.67 Å². The van der Waals surface area contributed by atoms with Crippen LogP contribution in [0, 0.1) is 5.41 Å². The van der Waals surface area contributed by atoms with Crippen molar-refractivity contribution in [2.45, 2.75) is 26.4 Å². The molecule has 0 saturated carbocycles. The molecule has 0 nitrogen and oxygen atoms in total. The maximum atomic E-state index is 13.4. The van der Waals surface area contributed by atoms with Gasteiger partial charge in [0.2, 0.25) is 0 Å². The summed E-state index contributed by atoms with van der Waals surface area (Å²) in [7, 11) is 0. The maximum absolute atomic E-state index is 13.4.